The van der Waals surface area contributed by atoms with Crippen molar-refractivity contribution in [1.29, 1.82) is 0 Å². The van der Waals surface area contributed by atoms with Gasteiger partial charge in [0.15, 0.2) is 5.69 Å². The molecule has 0 radical (unpaired) electrons. The maximum absolute atomic E-state index is 11.1. The topological polar surface area (TPSA) is 105 Å². The van der Waals surface area contributed by atoms with Gasteiger partial charge < -0.3 is 10.2 Å². The molecule has 0 aliphatic carbocycles. The van der Waals surface area contributed by atoms with Crippen LogP contribution in [0.1, 0.15) is 51.9 Å². The molecule has 1 aromatic carbocycles. The van der Waals surface area contributed by atoms with Gasteiger partial charge in [0, 0.05) is 0 Å². The Morgan fingerprint density at radius 2 is 1.76 bits per heavy atom. The Labute approximate surface area is 120 Å². The molecule has 0 aliphatic rings. The summed E-state index contributed by atoms with van der Waals surface area (Å²) >= 11 is 0. The molecule has 0 saturated heterocycles. The van der Waals surface area contributed by atoms with Crippen LogP contribution in [0.25, 0.3) is 0 Å². The van der Waals surface area contributed by atoms with Gasteiger partial charge in [0.25, 0.3) is 0 Å². The minimum Gasteiger partial charge on any atom is -0.478 e. The zero-order chi connectivity index (χ0) is 15.6. The first-order chi connectivity index (χ1) is 9.90. The maximum atomic E-state index is 11.1. The second kappa shape index (κ2) is 5.74. The lowest BCUT2D eigenvalue weighted by atomic mass is 10.1. The average Bonchev–Trinajstić information content (AvgIpc) is 2.83. The van der Waals surface area contributed by atoms with E-state index >= 15 is 0 Å². The molecule has 1 aromatic heterocycles. The first-order valence-corrected chi connectivity index (χ1v) is 6.39. The molecule has 2 rings (SSSR count). The molecule has 2 aromatic rings. The van der Waals surface area contributed by atoms with Gasteiger partial charge in [-0.1, -0.05) is 31.2 Å². The van der Waals surface area contributed by atoms with Gasteiger partial charge in [0.05, 0.1) is 17.8 Å². The van der Waals surface area contributed by atoms with Crippen LogP contribution in [-0.2, 0) is 6.54 Å². The van der Waals surface area contributed by atoms with Crippen molar-refractivity contribution in [2.24, 2.45) is 0 Å². The van der Waals surface area contributed by atoms with Gasteiger partial charge in [-0.25, -0.2) is 14.3 Å². The van der Waals surface area contributed by atoms with Crippen molar-refractivity contribution in [3.8, 4) is 0 Å². The van der Waals surface area contributed by atoms with E-state index in [0.717, 1.165) is 5.56 Å². The van der Waals surface area contributed by atoms with E-state index in [2.05, 4.69) is 10.3 Å². The van der Waals surface area contributed by atoms with Gasteiger partial charge in [0.2, 0.25) is 0 Å². The SMILES string of the molecule is CC(C)c1c(C(=O)O)nnn1Cc1ccc(C(=O)O)cc1. The van der Waals surface area contributed by atoms with Crippen LogP contribution in [0.15, 0.2) is 24.3 Å². The summed E-state index contributed by atoms with van der Waals surface area (Å²) in [5.41, 5.74) is 1.52. The largest absolute Gasteiger partial charge is 0.478 e. The standard InChI is InChI=1S/C14H15N3O4/c1-8(2)12-11(14(20)21)15-16-17(12)7-9-3-5-10(6-4-9)13(18)19/h3-6,8H,7H2,1-2H3,(H,18,19)(H,20,21). The minimum absolute atomic E-state index is 0.0376. The monoisotopic (exact) mass is 289 g/mol. The molecule has 7 nitrogen and oxygen atoms in total. The van der Waals surface area contributed by atoms with E-state index in [1.165, 1.54) is 16.8 Å². The zero-order valence-corrected chi connectivity index (χ0v) is 11.6. The van der Waals surface area contributed by atoms with E-state index in [0.29, 0.717) is 12.2 Å². The third-order valence-corrected chi connectivity index (χ3v) is 3.06. The van der Waals surface area contributed by atoms with Gasteiger partial charge in [0.1, 0.15) is 0 Å². The molecular formula is C14H15N3O4. The quantitative estimate of drug-likeness (QED) is 0.870. The Morgan fingerprint density at radius 1 is 1.14 bits per heavy atom. The first kappa shape index (κ1) is 14.7. The third-order valence-electron chi connectivity index (χ3n) is 3.06. The number of nitrogens with zero attached hydrogens (tertiary/aromatic N) is 3. The fraction of sp³-hybridized carbons (Fsp3) is 0.286. The van der Waals surface area contributed by atoms with Crippen molar-refractivity contribution < 1.29 is 19.8 Å². The van der Waals surface area contributed by atoms with Crippen LogP contribution in [0.3, 0.4) is 0 Å². The number of carbonyl (C=O) groups is 2. The third kappa shape index (κ3) is 3.07. The molecule has 7 heteroatoms. The summed E-state index contributed by atoms with van der Waals surface area (Å²) in [6.07, 6.45) is 0. The van der Waals surface area contributed by atoms with E-state index in [1.807, 2.05) is 13.8 Å². The summed E-state index contributed by atoms with van der Waals surface area (Å²) in [6, 6.07) is 6.36. The molecule has 0 saturated carbocycles. The summed E-state index contributed by atoms with van der Waals surface area (Å²) in [7, 11) is 0. The smallest absolute Gasteiger partial charge is 0.358 e. The van der Waals surface area contributed by atoms with Crippen LogP contribution in [-0.4, -0.2) is 37.1 Å². The van der Waals surface area contributed by atoms with Gasteiger partial charge in [-0.05, 0) is 23.6 Å². The van der Waals surface area contributed by atoms with Crippen molar-refractivity contribution in [3.63, 3.8) is 0 Å². The number of aromatic carboxylic acids is 2. The van der Waals surface area contributed by atoms with E-state index in [1.54, 1.807) is 12.1 Å². The fourth-order valence-corrected chi connectivity index (χ4v) is 2.09. The Kier molecular flexibility index (Phi) is 4.02. The van der Waals surface area contributed by atoms with Crippen molar-refractivity contribution in [1.82, 2.24) is 15.0 Å². The maximum Gasteiger partial charge on any atom is 0.358 e. The fourth-order valence-electron chi connectivity index (χ4n) is 2.09. The summed E-state index contributed by atoms with van der Waals surface area (Å²) in [5, 5.41) is 25.5. The van der Waals surface area contributed by atoms with Crippen molar-refractivity contribution >= 4 is 11.9 Å². The lowest BCUT2D eigenvalue weighted by molar-refractivity contribution is 0.0681. The van der Waals surface area contributed by atoms with E-state index in [-0.39, 0.29) is 17.2 Å². The number of benzene rings is 1. The Bertz CT molecular complexity index is 674. The van der Waals surface area contributed by atoms with Crippen LogP contribution >= 0.6 is 0 Å². The number of aromatic nitrogens is 3. The van der Waals surface area contributed by atoms with Crippen molar-refractivity contribution in [3.05, 3.63) is 46.8 Å². The molecular weight excluding hydrogens is 274 g/mol. The Morgan fingerprint density at radius 3 is 2.24 bits per heavy atom. The molecule has 2 N–H and O–H groups in total. The summed E-state index contributed by atoms with van der Waals surface area (Å²) < 4.78 is 1.53. The molecule has 1 heterocycles. The van der Waals surface area contributed by atoms with Crippen LogP contribution in [0, 0.1) is 0 Å². The van der Waals surface area contributed by atoms with Crippen molar-refractivity contribution in [2.75, 3.05) is 0 Å². The normalized spacial score (nSPS) is 10.8. The van der Waals surface area contributed by atoms with Gasteiger partial charge in [-0.3, -0.25) is 0 Å². The lowest BCUT2D eigenvalue weighted by Gasteiger charge is -2.10. The van der Waals surface area contributed by atoms with Crippen LogP contribution in [0.4, 0.5) is 0 Å². The van der Waals surface area contributed by atoms with Crippen LogP contribution in [0.5, 0.6) is 0 Å². The van der Waals surface area contributed by atoms with Crippen LogP contribution in [0.2, 0.25) is 0 Å². The molecule has 0 bridgehead atoms. The Hall–Kier alpha value is -2.70. The molecule has 0 fully saturated rings. The van der Waals surface area contributed by atoms with E-state index < -0.39 is 11.9 Å². The summed E-state index contributed by atoms with van der Waals surface area (Å²) in [4.78, 5) is 21.9. The van der Waals surface area contributed by atoms with Crippen molar-refractivity contribution in [2.45, 2.75) is 26.3 Å². The second-order valence-corrected chi connectivity index (χ2v) is 4.94. The summed E-state index contributed by atoms with van der Waals surface area (Å²) in [6.45, 7) is 4.08. The second-order valence-electron chi connectivity index (χ2n) is 4.94. The van der Waals surface area contributed by atoms with Gasteiger partial charge in [-0.15, -0.1) is 5.10 Å². The minimum atomic E-state index is -1.11. The number of hydrogen-bond acceptors (Lipinski definition) is 4. The molecule has 21 heavy (non-hydrogen) atoms. The first-order valence-electron chi connectivity index (χ1n) is 6.39. The summed E-state index contributed by atoms with van der Waals surface area (Å²) in [5.74, 6) is -2.13. The highest BCUT2D eigenvalue weighted by Gasteiger charge is 2.21. The van der Waals surface area contributed by atoms with Gasteiger partial charge in [-0.2, -0.15) is 0 Å². The highest BCUT2D eigenvalue weighted by molar-refractivity contribution is 5.87. The molecule has 110 valence electrons. The Balaban J connectivity index is 2.31. The molecule has 0 atom stereocenters. The van der Waals surface area contributed by atoms with Crippen LogP contribution < -0.4 is 0 Å². The predicted octanol–water partition coefficient (Wildman–Crippen LogP) is 1.85. The number of carboxylic acids is 2. The number of rotatable bonds is 5. The number of hydrogen-bond donors (Lipinski definition) is 2. The molecule has 0 spiro atoms. The highest BCUT2D eigenvalue weighted by atomic mass is 16.4. The molecule has 0 amide bonds. The zero-order valence-electron chi connectivity index (χ0n) is 11.6. The van der Waals surface area contributed by atoms with E-state index in [9.17, 15) is 9.59 Å². The van der Waals surface area contributed by atoms with Gasteiger partial charge >= 0.3 is 11.9 Å². The number of carboxylic acid groups (broad SMARTS) is 2. The lowest BCUT2D eigenvalue weighted by Crippen LogP contribution is -2.11. The van der Waals surface area contributed by atoms with E-state index in [4.69, 9.17) is 10.2 Å². The highest BCUT2D eigenvalue weighted by Crippen LogP contribution is 2.19. The average molecular weight is 289 g/mol. The molecule has 0 unspecified atom stereocenters. The molecule has 0 aliphatic heterocycles. The predicted molar refractivity (Wildman–Crippen MR) is 73.6 cm³/mol.